The number of hydrogen-bond acceptors (Lipinski definition) is 5. The summed E-state index contributed by atoms with van der Waals surface area (Å²) in [5.74, 6) is -2.03. The molecule has 0 radical (unpaired) electrons. The van der Waals surface area contributed by atoms with Crippen LogP contribution in [0.15, 0.2) is 12.2 Å². The smallest absolute Gasteiger partial charge is 0.217 e. The Hall–Kier alpha value is -1.53. The van der Waals surface area contributed by atoms with Crippen molar-refractivity contribution in [1.29, 1.82) is 0 Å². The van der Waals surface area contributed by atoms with Crippen LogP contribution in [0.4, 0.5) is 0 Å². The van der Waals surface area contributed by atoms with Crippen LogP contribution in [-0.2, 0) is 14.4 Å². The lowest BCUT2D eigenvalue weighted by Crippen LogP contribution is -2.61. The second kappa shape index (κ2) is 16.2. The highest BCUT2D eigenvalue weighted by molar-refractivity contribution is 6.00. The zero-order chi connectivity index (χ0) is 23.0. The first-order valence-corrected chi connectivity index (χ1v) is 11.6. The van der Waals surface area contributed by atoms with Crippen molar-refractivity contribution in [2.75, 3.05) is 0 Å². The van der Waals surface area contributed by atoms with Crippen LogP contribution in [0.3, 0.4) is 0 Å². The standard InChI is InChI=1S/C24H43NO5/c1-5-6-7-8-9-10-11-12-13-14-15-16-17-18-24(30,20(3)27)23(25-21(4)28)22(29)19(2)26/h17-19,23,26,30H,5-16H2,1-4H3,(H,25,28)/t19?,23-,24+/m0/s1. The number of allylic oxidation sites excluding steroid dienone is 1. The van der Waals surface area contributed by atoms with Gasteiger partial charge in [0.15, 0.2) is 17.2 Å². The highest BCUT2D eigenvalue weighted by Gasteiger charge is 2.45. The van der Waals surface area contributed by atoms with Gasteiger partial charge in [0, 0.05) is 6.92 Å². The number of aliphatic hydroxyl groups is 2. The van der Waals surface area contributed by atoms with Gasteiger partial charge in [0.05, 0.1) is 0 Å². The summed E-state index contributed by atoms with van der Waals surface area (Å²) >= 11 is 0. The maximum atomic E-state index is 12.3. The summed E-state index contributed by atoms with van der Waals surface area (Å²) < 4.78 is 0. The van der Waals surface area contributed by atoms with Crippen LogP contribution in [0.5, 0.6) is 0 Å². The molecule has 6 heteroatoms. The molecule has 3 N–H and O–H groups in total. The third-order valence-corrected chi connectivity index (χ3v) is 5.39. The Morgan fingerprint density at radius 3 is 1.77 bits per heavy atom. The topological polar surface area (TPSA) is 104 Å². The Kier molecular flexibility index (Phi) is 15.4. The Morgan fingerprint density at radius 2 is 1.37 bits per heavy atom. The van der Waals surface area contributed by atoms with Crippen LogP contribution in [0.1, 0.15) is 105 Å². The molecule has 1 amide bonds. The van der Waals surface area contributed by atoms with Crippen LogP contribution < -0.4 is 5.32 Å². The lowest BCUT2D eigenvalue weighted by Gasteiger charge is -2.31. The fraction of sp³-hybridized carbons (Fsp3) is 0.792. The van der Waals surface area contributed by atoms with Gasteiger partial charge in [0.25, 0.3) is 0 Å². The minimum atomic E-state index is -2.17. The molecule has 30 heavy (non-hydrogen) atoms. The molecular formula is C24H43NO5. The van der Waals surface area contributed by atoms with Crippen molar-refractivity contribution in [2.24, 2.45) is 0 Å². The van der Waals surface area contributed by atoms with E-state index in [0.29, 0.717) is 6.42 Å². The molecule has 0 spiro atoms. The van der Waals surface area contributed by atoms with Crippen LogP contribution in [0, 0.1) is 0 Å². The van der Waals surface area contributed by atoms with E-state index >= 15 is 0 Å². The van der Waals surface area contributed by atoms with Crippen LogP contribution in [-0.4, -0.2) is 45.4 Å². The van der Waals surface area contributed by atoms with Gasteiger partial charge in [-0.15, -0.1) is 0 Å². The fourth-order valence-corrected chi connectivity index (χ4v) is 3.45. The molecule has 0 bridgehead atoms. The monoisotopic (exact) mass is 425 g/mol. The van der Waals surface area contributed by atoms with Crippen molar-refractivity contribution < 1.29 is 24.6 Å². The van der Waals surface area contributed by atoms with Crippen LogP contribution >= 0.6 is 0 Å². The van der Waals surface area contributed by atoms with Crippen molar-refractivity contribution in [1.82, 2.24) is 5.32 Å². The van der Waals surface area contributed by atoms with Crippen molar-refractivity contribution in [2.45, 2.75) is 122 Å². The molecule has 0 saturated carbocycles. The van der Waals surface area contributed by atoms with E-state index in [2.05, 4.69) is 12.2 Å². The van der Waals surface area contributed by atoms with Gasteiger partial charge >= 0.3 is 0 Å². The molecule has 3 atom stereocenters. The van der Waals surface area contributed by atoms with Crippen molar-refractivity contribution in [3.05, 3.63) is 12.2 Å². The van der Waals surface area contributed by atoms with Crippen molar-refractivity contribution in [3.8, 4) is 0 Å². The Balaban J connectivity index is 4.42. The number of rotatable bonds is 18. The maximum absolute atomic E-state index is 12.3. The number of carbonyl (C=O) groups is 3. The summed E-state index contributed by atoms with van der Waals surface area (Å²) in [5.41, 5.74) is -2.17. The second-order valence-corrected chi connectivity index (χ2v) is 8.32. The predicted octanol–water partition coefficient (Wildman–Crippen LogP) is 4.02. The zero-order valence-corrected chi connectivity index (χ0v) is 19.4. The molecule has 0 saturated heterocycles. The lowest BCUT2D eigenvalue weighted by atomic mass is 9.85. The first-order valence-electron chi connectivity index (χ1n) is 11.6. The lowest BCUT2D eigenvalue weighted by molar-refractivity contribution is -0.145. The number of ketones is 2. The van der Waals surface area contributed by atoms with Crippen molar-refractivity contribution in [3.63, 3.8) is 0 Å². The van der Waals surface area contributed by atoms with Gasteiger partial charge < -0.3 is 15.5 Å². The third kappa shape index (κ3) is 11.6. The molecule has 1 unspecified atom stereocenters. The molecule has 0 fully saturated rings. The van der Waals surface area contributed by atoms with Crippen molar-refractivity contribution >= 4 is 17.5 Å². The van der Waals surface area contributed by atoms with Gasteiger partial charge in [0.1, 0.15) is 12.1 Å². The largest absolute Gasteiger partial charge is 0.386 e. The SMILES string of the molecule is CCCCCCCCCCCCCC=C[C@@](O)(C(C)=O)[C@@H](NC(C)=O)C(=O)C(C)O. The first kappa shape index (κ1) is 28.5. The average molecular weight is 426 g/mol. The quantitative estimate of drug-likeness (QED) is 0.227. The van der Waals surface area contributed by atoms with E-state index in [0.717, 1.165) is 26.2 Å². The minimum Gasteiger partial charge on any atom is -0.386 e. The molecule has 0 aromatic carbocycles. The summed E-state index contributed by atoms with van der Waals surface area (Å²) in [7, 11) is 0. The molecule has 0 rings (SSSR count). The normalized spacial score (nSPS) is 15.5. The summed E-state index contributed by atoms with van der Waals surface area (Å²) in [6.45, 7) is 5.83. The number of hydrogen-bond donors (Lipinski definition) is 3. The number of aliphatic hydroxyl groups excluding tert-OH is 1. The van der Waals surface area contributed by atoms with E-state index in [1.54, 1.807) is 6.08 Å². The number of unbranched alkanes of at least 4 members (excludes halogenated alkanes) is 11. The zero-order valence-electron chi connectivity index (χ0n) is 19.4. The van der Waals surface area contributed by atoms with Gasteiger partial charge in [-0.1, -0.05) is 77.2 Å². The number of nitrogens with one attached hydrogen (secondary N) is 1. The van der Waals surface area contributed by atoms with E-state index in [9.17, 15) is 24.6 Å². The highest BCUT2D eigenvalue weighted by Crippen LogP contribution is 2.19. The molecule has 0 heterocycles. The summed E-state index contributed by atoms with van der Waals surface area (Å²) in [4.78, 5) is 35.8. The van der Waals surface area contributed by atoms with Gasteiger partial charge in [-0.3, -0.25) is 14.4 Å². The predicted molar refractivity (Wildman–Crippen MR) is 120 cm³/mol. The number of Topliss-reactive ketones (excluding diaryl/α,β-unsaturated/α-hetero) is 2. The molecule has 6 nitrogen and oxygen atoms in total. The number of amides is 1. The molecule has 0 aliphatic rings. The Bertz CT molecular complexity index is 544. The summed E-state index contributed by atoms with van der Waals surface area (Å²) in [5, 5.41) is 22.7. The van der Waals surface area contributed by atoms with Gasteiger partial charge in [-0.2, -0.15) is 0 Å². The fourth-order valence-electron chi connectivity index (χ4n) is 3.45. The molecule has 0 aromatic rings. The molecule has 174 valence electrons. The van der Waals surface area contributed by atoms with Crippen LogP contribution in [0.2, 0.25) is 0 Å². The molecule has 0 aliphatic heterocycles. The maximum Gasteiger partial charge on any atom is 0.217 e. The average Bonchev–Trinajstić information content (AvgIpc) is 2.68. The van der Waals surface area contributed by atoms with Gasteiger partial charge in [0.2, 0.25) is 5.91 Å². The molecule has 0 aromatic heterocycles. The highest BCUT2D eigenvalue weighted by atomic mass is 16.3. The van der Waals surface area contributed by atoms with E-state index in [1.165, 1.54) is 71.3 Å². The summed E-state index contributed by atoms with van der Waals surface area (Å²) in [6, 6.07) is -1.51. The van der Waals surface area contributed by atoms with E-state index in [4.69, 9.17) is 0 Å². The first-order chi connectivity index (χ1) is 14.2. The Morgan fingerprint density at radius 1 is 0.900 bits per heavy atom. The minimum absolute atomic E-state index is 0.563. The van der Waals surface area contributed by atoms with E-state index in [1.807, 2.05) is 0 Å². The molecular weight excluding hydrogens is 382 g/mol. The third-order valence-electron chi connectivity index (χ3n) is 5.39. The Labute approximate surface area is 182 Å². The summed E-state index contributed by atoms with van der Waals surface area (Å²) in [6.07, 6.45) is 15.8. The number of carbonyl (C=O) groups excluding carboxylic acids is 3. The van der Waals surface area contributed by atoms with Crippen LogP contribution in [0.25, 0.3) is 0 Å². The van der Waals surface area contributed by atoms with E-state index < -0.39 is 35.2 Å². The molecule has 0 aliphatic carbocycles. The second-order valence-electron chi connectivity index (χ2n) is 8.32. The van der Waals surface area contributed by atoms with E-state index in [-0.39, 0.29) is 0 Å². The van der Waals surface area contributed by atoms with Gasteiger partial charge in [-0.25, -0.2) is 0 Å². The van der Waals surface area contributed by atoms with Gasteiger partial charge in [-0.05, 0) is 32.8 Å².